The van der Waals surface area contributed by atoms with Crippen molar-refractivity contribution in [3.05, 3.63) is 22.8 Å². The van der Waals surface area contributed by atoms with Gasteiger partial charge < -0.3 is 0 Å². The van der Waals surface area contributed by atoms with E-state index in [1.165, 1.54) is 32.1 Å². The minimum atomic E-state index is 0.791. The van der Waals surface area contributed by atoms with Gasteiger partial charge in [-0.1, -0.05) is 39.3 Å². The molecule has 0 nitrogen and oxygen atoms in total. The lowest BCUT2D eigenvalue weighted by Gasteiger charge is -2.37. The van der Waals surface area contributed by atoms with Crippen LogP contribution in [0.3, 0.4) is 0 Å². The van der Waals surface area contributed by atoms with Gasteiger partial charge in [-0.25, -0.2) is 0 Å². The van der Waals surface area contributed by atoms with Gasteiger partial charge in [0.1, 0.15) is 0 Å². The van der Waals surface area contributed by atoms with Crippen LogP contribution in [0.2, 0.25) is 0 Å². The molecule has 0 heteroatoms. The molecule has 0 aromatic heterocycles. The van der Waals surface area contributed by atoms with E-state index in [2.05, 4.69) is 40.7 Å². The Hall–Kier alpha value is -0.520. The maximum Gasteiger partial charge on any atom is -0.0130 e. The number of allylic oxidation sites excluding steroid dienone is 4. The summed E-state index contributed by atoms with van der Waals surface area (Å²) in [6.07, 6.45) is 9.62. The monoisotopic (exact) mass is 272 g/mol. The van der Waals surface area contributed by atoms with Gasteiger partial charge in [-0.15, -0.1) is 0 Å². The van der Waals surface area contributed by atoms with Gasteiger partial charge in [-0.05, 0) is 85.7 Å². The predicted octanol–water partition coefficient (Wildman–Crippen LogP) is 6.00. The van der Waals surface area contributed by atoms with Crippen LogP contribution in [0.5, 0.6) is 0 Å². The van der Waals surface area contributed by atoms with Crippen LogP contribution in [0, 0.1) is 35.5 Å². The van der Waals surface area contributed by atoms with Gasteiger partial charge in [0.15, 0.2) is 0 Å². The van der Waals surface area contributed by atoms with Crippen LogP contribution in [0.25, 0.3) is 0 Å². The molecule has 2 fully saturated rings. The molecule has 112 valence electrons. The summed E-state index contributed by atoms with van der Waals surface area (Å²) >= 11 is 0. The summed E-state index contributed by atoms with van der Waals surface area (Å²) in [6.45, 7) is 12.3. The summed E-state index contributed by atoms with van der Waals surface area (Å²) in [7, 11) is 0. The lowest BCUT2D eigenvalue weighted by molar-refractivity contribution is 0.191. The zero-order valence-electron chi connectivity index (χ0n) is 14.1. The van der Waals surface area contributed by atoms with E-state index < -0.39 is 0 Å². The highest BCUT2D eigenvalue weighted by Gasteiger charge is 2.43. The fourth-order valence-corrected chi connectivity index (χ4v) is 5.67. The molecule has 0 amide bonds. The molecule has 2 saturated carbocycles. The number of hydrogen-bond donors (Lipinski definition) is 0. The molecule has 0 bridgehead atoms. The van der Waals surface area contributed by atoms with Gasteiger partial charge >= 0.3 is 0 Å². The third-order valence-corrected chi connectivity index (χ3v) is 6.75. The molecule has 0 saturated heterocycles. The van der Waals surface area contributed by atoms with E-state index in [0.717, 1.165) is 35.5 Å². The van der Waals surface area contributed by atoms with Gasteiger partial charge in [0.05, 0.1) is 0 Å². The van der Waals surface area contributed by atoms with Crippen molar-refractivity contribution in [2.75, 3.05) is 0 Å². The van der Waals surface area contributed by atoms with Gasteiger partial charge in [-0.2, -0.15) is 0 Å². The molecule has 3 aliphatic rings. The Morgan fingerprint density at radius 2 is 1.70 bits per heavy atom. The third kappa shape index (κ3) is 2.20. The highest BCUT2D eigenvalue weighted by molar-refractivity contribution is 5.45. The minimum Gasteiger partial charge on any atom is -0.0767 e. The van der Waals surface area contributed by atoms with Crippen molar-refractivity contribution in [1.29, 1.82) is 0 Å². The van der Waals surface area contributed by atoms with E-state index in [-0.39, 0.29) is 0 Å². The molecular weight excluding hydrogens is 240 g/mol. The highest BCUT2D eigenvalue weighted by atomic mass is 14.5. The van der Waals surface area contributed by atoms with Crippen molar-refractivity contribution < 1.29 is 0 Å². The molecule has 0 unspecified atom stereocenters. The summed E-state index contributed by atoms with van der Waals surface area (Å²) in [5.74, 6) is 5.42. The Kier molecular flexibility index (Phi) is 3.86. The van der Waals surface area contributed by atoms with Gasteiger partial charge in [0.2, 0.25) is 0 Å². The number of hydrogen-bond acceptors (Lipinski definition) is 0. The Morgan fingerprint density at radius 1 is 1.00 bits per heavy atom. The van der Waals surface area contributed by atoms with Crippen LogP contribution in [0.1, 0.15) is 66.7 Å². The summed E-state index contributed by atoms with van der Waals surface area (Å²) < 4.78 is 0. The SMILES string of the molecule is CC1=C2C(=CC1)[C@@H](C)CC[C@@H]1[C@H](CC[C@@H]1C(C)C)[C@H]2C. The molecule has 0 heterocycles. The van der Waals surface area contributed by atoms with E-state index in [0.29, 0.717) is 0 Å². The van der Waals surface area contributed by atoms with Crippen LogP contribution < -0.4 is 0 Å². The minimum absolute atomic E-state index is 0.791. The fraction of sp³-hybridized carbons (Fsp3) is 0.800. The lowest BCUT2D eigenvalue weighted by Crippen LogP contribution is -2.28. The topological polar surface area (TPSA) is 0 Å². The summed E-state index contributed by atoms with van der Waals surface area (Å²) in [5.41, 5.74) is 5.17. The molecule has 0 aromatic carbocycles. The molecule has 3 rings (SSSR count). The average Bonchev–Trinajstić information content (AvgIpc) is 2.97. The second-order valence-electron chi connectivity index (χ2n) is 8.14. The van der Waals surface area contributed by atoms with E-state index in [1.807, 2.05) is 0 Å². The maximum atomic E-state index is 2.54. The number of rotatable bonds is 1. The highest BCUT2D eigenvalue weighted by Crippen LogP contribution is 2.53. The average molecular weight is 272 g/mol. The molecule has 0 aliphatic heterocycles. The van der Waals surface area contributed by atoms with Crippen LogP contribution in [0.4, 0.5) is 0 Å². The van der Waals surface area contributed by atoms with Gasteiger partial charge in [-0.3, -0.25) is 0 Å². The van der Waals surface area contributed by atoms with Crippen molar-refractivity contribution in [2.24, 2.45) is 35.5 Å². The van der Waals surface area contributed by atoms with E-state index in [4.69, 9.17) is 0 Å². The fourth-order valence-electron chi connectivity index (χ4n) is 5.67. The van der Waals surface area contributed by atoms with E-state index in [1.54, 1.807) is 16.7 Å². The van der Waals surface area contributed by atoms with Crippen molar-refractivity contribution in [3.63, 3.8) is 0 Å². The molecule has 0 N–H and O–H groups in total. The van der Waals surface area contributed by atoms with Crippen LogP contribution in [0.15, 0.2) is 22.8 Å². The lowest BCUT2D eigenvalue weighted by atomic mass is 9.68. The summed E-state index contributed by atoms with van der Waals surface area (Å²) in [4.78, 5) is 0. The van der Waals surface area contributed by atoms with Gasteiger partial charge in [0.25, 0.3) is 0 Å². The van der Waals surface area contributed by atoms with Crippen molar-refractivity contribution in [3.8, 4) is 0 Å². The standard InChI is InChI=1S/C20H32/c1-12(2)16-10-11-18-15(5)20-14(4)7-8-17(20)13(3)6-9-19(16)18/h8,12-13,15-16,18-19H,6-7,9-11H2,1-5H3/t13-,15+,16+,18+,19-/m0/s1. The first-order valence-electron chi connectivity index (χ1n) is 8.90. The summed E-state index contributed by atoms with van der Waals surface area (Å²) in [5, 5.41) is 0. The Morgan fingerprint density at radius 3 is 2.40 bits per heavy atom. The zero-order valence-corrected chi connectivity index (χ0v) is 14.1. The summed E-state index contributed by atoms with van der Waals surface area (Å²) in [6, 6.07) is 0. The molecule has 0 radical (unpaired) electrons. The smallest absolute Gasteiger partial charge is 0.0130 e. The Bertz CT molecular complexity index is 437. The second-order valence-corrected chi connectivity index (χ2v) is 8.14. The molecule has 0 aromatic rings. The first-order valence-corrected chi connectivity index (χ1v) is 8.90. The molecular formula is C20H32. The van der Waals surface area contributed by atoms with E-state index >= 15 is 0 Å². The number of fused-ring (bicyclic) bond motifs is 2. The quantitative estimate of drug-likeness (QED) is 0.549. The van der Waals surface area contributed by atoms with Crippen LogP contribution in [-0.4, -0.2) is 0 Å². The molecule has 5 atom stereocenters. The predicted molar refractivity (Wildman–Crippen MR) is 87.5 cm³/mol. The van der Waals surface area contributed by atoms with Crippen molar-refractivity contribution in [2.45, 2.75) is 66.7 Å². The Labute approximate surface area is 125 Å². The van der Waals surface area contributed by atoms with Crippen LogP contribution >= 0.6 is 0 Å². The Balaban J connectivity index is 1.93. The molecule has 3 aliphatic carbocycles. The first kappa shape index (κ1) is 14.4. The maximum absolute atomic E-state index is 2.54. The second kappa shape index (κ2) is 5.35. The van der Waals surface area contributed by atoms with Crippen LogP contribution in [-0.2, 0) is 0 Å². The molecule has 20 heavy (non-hydrogen) atoms. The first-order chi connectivity index (χ1) is 9.50. The van der Waals surface area contributed by atoms with Crippen molar-refractivity contribution >= 4 is 0 Å². The van der Waals surface area contributed by atoms with Gasteiger partial charge in [0, 0.05) is 0 Å². The molecule has 0 spiro atoms. The largest absolute Gasteiger partial charge is 0.0767 e. The third-order valence-electron chi connectivity index (χ3n) is 6.75. The zero-order chi connectivity index (χ0) is 14.4. The normalized spacial score (nSPS) is 41.3. The van der Waals surface area contributed by atoms with E-state index in [9.17, 15) is 0 Å². The van der Waals surface area contributed by atoms with Crippen molar-refractivity contribution in [1.82, 2.24) is 0 Å².